The number of furan rings is 1. The molecule has 0 amide bonds. The van der Waals surface area contributed by atoms with Gasteiger partial charge in [0.25, 0.3) is 0 Å². The van der Waals surface area contributed by atoms with E-state index in [4.69, 9.17) is 20.5 Å². The van der Waals surface area contributed by atoms with E-state index in [1.165, 1.54) is 0 Å². The van der Waals surface area contributed by atoms with E-state index in [0.717, 1.165) is 10.6 Å². The molecule has 0 aliphatic carbocycles. The van der Waals surface area contributed by atoms with Crippen LogP contribution in [0.25, 0.3) is 11.6 Å². The number of halogens is 1. The zero-order valence-corrected chi connectivity index (χ0v) is 12.2. The fourth-order valence-corrected chi connectivity index (χ4v) is 2.22. The standard InChI is InChI=1S/C15H14ClN3O2/c1-19(9-11-5-2-3-6-12(11)16)10-14-17-15(18-21-14)13-7-4-8-20-13/h2-8H,9-10H2,1H3. The summed E-state index contributed by atoms with van der Waals surface area (Å²) in [5, 5.41) is 4.66. The van der Waals surface area contributed by atoms with Gasteiger partial charge in [-0.1, -0.05) is 35.0 Å². The van der Waals surface area contributed by atoms with Gasteiger partial charge < -0.3 is 8.94 Å². The fraction of sp³-hybridized carbons (Fsp3) is 0.200. The van der Waals surface area contributed by atoms with Crippen LogP contribution in [0.3, 0.4) is 0 Å². The summed E-state index contributed by atoms with van der Waals surface area (Å²) in [6, 6.07) is 11.3. The second-order valence-electron chi connectivity index (χ2n) is 4.75. The highest BCUT2D eigenvalue weighted by Gasteiger charge is 2.13. The minimum Gasteiger partial charge on any atom is -0.461 e. The molecule has 2 aromatic heterocycles. The number of rotatable bonds is 5. The van der Waals surface area contributed by atoms with E-state index in [9.17, 15) is 0 Å². The Hall–Kier alpha value is -2.11. The SMILES string of the molecule is CN(Cc1nc(-c2ccco2)no1)Cc1ccccc1Cl. The highest BCUT2D eigenvalue weighted by molar-refractivity contribution is 6.31. The first-order valence-corrected chi connectivity index (χ1v) is 6.88. The number of benzene rings is 1. The molecule has 0 unspecified atom stereocenters. The second kappa shape index (κ2) is 6.11. The van der Waals surface area contributed by atoms with Crippen LogP contribution in [-0.4, -0.2) is 22.1 Å². The summed E-state index contributed by atoms with van der Waals surface area (Å²) in [4.78, 5) is 6.37. The normalized spacial score (nSPS) is 11.2. The van der Waals surface area contributed by atoms with Crippen molar-refractivity contribution in [1.82, 2.24) is 15.0 Å². The van der Waals surface area contributed by atoms with Crippen molar-refractivity contribution in [2.45, 2.75) is 13.1 Å². The molecule has 21 heavy (non-hydrogen) atoms. The van der Waals surface area contributed by atoms with Gasteiger partial charge in [0.1, 0.15) is 0 Å². The third kappa shape index (κ3) is 3.32. The van der Waals surface area contributed by atoms with Gasteiger partial charge in [0, 0.05) is 11.6 Å². The maximum atomic E-state index is 6.15. The molecule has 0 N–H and O–H groups in total. The summed E-state index contributed by atoms with van der Waals surface area (Å²) in [5.41, 5.74) is 1.06. The molecule has 0 bridgehead atoms. The monoisotopic (exact) mass is 303 g/mol. The van der Waals surface area contributed by atoms with Gasteiger partial charge in [0.15, 0.2) is 5.76 Å². The summed E-state index contributed by atoms with van der Waals surface area (Å²) in [6.45, 7) is 1.25. The van der Waals surface area contributed by atoms with Gasteiger partial charge in [0.05, 0.1) is 12.8 Å². The van der Waals surface area contributed by atoms with Crippen molar-refractivity contribution in [3.8, 4) is 11.6 Å². The van der Waals surface area contributed by atoms with Crippen LogP contribution < -0.4 is 0 Å². The van der Waals surface area contributed by atoms with E-state index < -0.39 is 0 Å². The minimum atomic E-state index is 0.459. The van der Waals surface area contributed by atoms with E-state index >= 15 is 0 Å². The molecule has 0 aliphatic heterocycles. The predicted octanol–water partition coefficient (Wildman–Crippen LogP) is 3.62. The molecule has 0 aliphatic rings. The minimum absolute atomic E-state index is 0.459. The lowest BCUT2D eigenvalue weighted by atomic mass is 10.2. The molecule has 0 spiro atoms. The summed E-state index contributed by atoms with van der Waals surface area (Å²) in [7, 11) is 1.97. The van der Waals surface area contributed by atoms with Crippen molar-refractivity contribution in [2.24, 2.45) is 0 Å². The van der Waals surface area contributed by atoms with Crippen LogP contribution in [0.4, 0.5) is 0 Å². The quantitative estimate of drug-likeness (QED) is 0.720. The lowest BCUT2D eigenvalue weighted by molar-refractivity contribution is 0.261. The third-order valence-corrected chi connectivity index (χ3v) is 3.38. The van der Waals surface area contributed by atoms with Gasteiger partial charge in [-0.05, 0) is 30.8 Å². The molecule has 0 saturated carbocycles. The first-order chi connectivity index (χ1) is 10.2. The summed E-state index contributed by atoms with van der Waals surface area (Å²) < 4.78 is 10.5. The van der Waals surface area contributed by atoms with Crippen LogP contribution in [0.5, 0.6) is 0 Å². The molecule has 1 aromatic carbocycles. The summed E-state index contributed by atoms with van der Waals surface area (Å²) in [6.07, 6.45) is 1.58. The molecular formula is C15H14ClN3O2. The Morgan fingerprint density at radius 2 is 2.00 bits per heavy atom. The van der Waals surface area contributed by atoms with Crippen LogP contribution in [0.1, 0.15) is 11.5 Å². The van der Waals surface area contributed by atoms with Crippen LogP contribution in [0.15, 0.2) is 51.6 Å². The highest BCUT2D eigenvalue weighted by atomic mass is 35.5. The molecule has 0 radical (unpaired) electrons. The van der Waals surface area contributed by atoms with E-state index in [2.05, 4.69) is 15.0 Å². The molecule has 5 nitrogen and oxygen atoms in total. The van der Waals surface area contributed by atoms with Gasteiger partial charge in [-0.25, -0.2) is 0 Å². The van der Waals surface area contributed by atoms with Crippen molar-refractivity contribution in [3.63, 3.8) is 0 Å². The molecule has 6 heteroatoms. The smallest absolute Gasteiger partial charge is 0.241 e. The lowest BCUT2D eigenvalue weighted by Gasteiger charge is -2.14. The van der Waals surface area contributed by atoms with Crippen molar-refractivity contribution in [2.75, 3.05) is 7.05 Å². The van der Waals surface area contributed by atoms with Gasteiger partial charge in [0.2, 0.25) is 11.7 Å². The van der Waals surface area contributed by atoms with Crippen LogP contribution in [-0.2, 0) is 13.1 Å². The van der Waals surface area contributed by atoms with Crippen molar-refractivity contribution >= 4 is 11.6 Å². The van der Waals surface area contributed by atoms with Crippen LogP contribution in [0.2, 0.25) is 5.02 Å². The van der Waals surface area contributed by atoms with Gasteiger partial charge in [-0.3, -0.25) is 4.90 Å². The highest BCUT2D eigenvalue weighted by Crippen LogP contribution is 2.19. The Morgan fingerprint density at radius 3 is 2.76 bits per heavy atom. The van der Waals surface area contributed by atoms with Crippen molar-refractivity contribution in [1.29, 1.82) is 0 Å². The molecule has 108 valence electrons. The second-order valence-corrected chi connectivity index (χ2v) is 5.16. The summed E-state index contributed by atoms with van der Waals surface area (Å²) in [5.74, 6) is 1.59. The zero-order chi connectivity index (χ0) is 14.7. The Balaban J connectivity index is 1.65. The molecular weight excluding hydrogens is 290 g/mol. The maximum absolute atomic E-state index is 6.15. The van der Waals surface area contributed by atoms with Crippen LogP contribution >= 0.6 is 11.6 Å². The largest absolute Gasteiger partial charge is 0.461 e. The Kier molecular flexibility index (Phi) is 4.03. The molecule has 2 heterocycles. The topological polar surface area (TPSA) is 55.3 Å². The van der Waals surface area contributed by atoms with Crippen LogP contribution in [0, 0.1) is 0 Å². The number of nitrogens with zero attached hydrogens (tertiary/aromatic N) is 3. The van der Waals surface area contributed by atoms with E-state index in [1.807, 2.05) is 31.3 Å². The third-order valence-electron chi connectivity index (χ3n) is 3.01. The number of hydrogen-bond donors (Lipinski definition) is 0. The van der Waals surface area contributed by atoms with Crippen molar-refractivity contribution in [3.05, 3.63) is 59.1 Å². The van der Waals surface area contributed by atoms with Gasteiger partial charge in [-0.15, -0.1) is 0 Å². The average Bonchev–Trinajstić information content (AvgIpc) is 3.12. The van der Waals surface area contributed by atoms with Gasteiger partial charge in [-0.2, -0.15) is 4.98 Å². The maximum Gasteiger partial charge on any atom is 0.241 e. The Labute approximate surface area is 127 Å². The average molecular weight is 304 g/mol. The first kappa shape index (κ1) is 13.9. The molecule has 0 atom stereocenters. The van der Waals surface area contributed by atoms with Crippen molar-refractivity contribution < 1.29 is 8.94 Å². The molecule has 0 saturated heterocycles. The Morgan fingerprint density at radius 1 is 1.14 bits per heavy atom. The zero-order valence-electron chi connectivity index (χ0n) is 11.5. The summed E-state index contributed by atoms with van der Waals surface area (Å²) >= 11 is 6.15. The molecule has 0 fully saturated rings. The van der Waals surface area contributed by atoms with Gasteiger partial charge >= 0.3 is 0 Å². The molecule has 3 rings (SSSR count). The first-order valence-electron chi connectivity index (χ1n) is 6.51. The van der Waals surface area contributed by atoms with E-state index in [0.29, 0.717) is 30.6 Å². The number of hydrogen-bond acceptors (Lipinski definition) is 5. The van der Waals surface area contributed by atoms with E-state index in [-0.39, 0.29) is 0 Å². The van der Waals surface area contributed by atoms with E-state index in [1.54, 1.807) is 18.4 Å². The molecule has 3 aromatic rings. The lowest BCUT2D eigenvalue weighted by Crippen LogP contribution is -2.17. The Bertz CT molecular complexity index is 709. The number of aromatic nitrogens is 2. The fourth-order valence-electron chi connectivity index (χ4n) is 2.03. The predicted molar refractivity (Wildman–Crippen MR) is 78.6 cm³/mol.